The molecule has 19 heteroatoms. The zero-order valence-electron chi connectivity index (χ0n) is 54.9. The van der Waals surface area contributed by atoms with Gasteiger partial charge in [0.05, 0.1) is 47.5 Å². The van der Waals surface area contributed by atoms with Crippen LogP contribution in [-0.4, -0.2) is 116 Å². The minimum Gasteiger partial charge on any atom is -0.504 e. The summed E-state index contributed by atoms with van der Waals surface area (Å²) in [6.45, 7) is 3.80. The summed E-state index contributed by atoms with van der Waals surface area (Å²) in [7, 11) is 2.08. The maximum Gasteiger partial charge on any atom is 0.302 e. The fraction of sp³-hybridized carbons (Fsp3) is 0.566. The standard InChI is InChI=1S/C76H94N10O9/c1-46(87)93-63-38-62(52-36-60(89)68(90)65(37-52)92-33-24-47-10-9-30-79-41-47)95-69-55(63)18-16-53-17-19-56-61-14-8-28-76(56)67(71(91)83-57-13-4-3-11-50(57)12-7-27-74(53,69)39-48-15-20-59(88)64(34-48)94-61)70(86-43-51-23-32-80-58(51)44-86)84-72(85-76)82-45-75(40-49-22-31-81-66(77)35-49)54(42-78-2)21-29-73(75)25-5-6-26-73/h9-10,15,20,22-23,30,32,34-37,41,43-44,50,53-57,61-63,67,69-71,78,80-81,83,88-91H,3-6,8,11,13-14,16,18,21,24-29,31,33,38-40,42,45,77H2,1-2H3,(H2,82,84,85)/t50-,53+,54-,55+,56-,57+,61+,62+,63+,67-,69-,70-,71-,74-,75+,76+/m1/s1. The van der Waals surface area contributed by atoms with Crippen molar-refractivity contribution in [2.24, 2.45) is 62.5 Å². The van der Waals surface area contributed by atoms with Crippen LogP contribution in [0.1, 0.15) is 151 Å². The SMILES string of the molecule is CNC[C@H]1CCC2(CCCC2)[C@]1(CN=C1N[C@H](n2cc3cc[nH]c3c2)[C@@H]2[C@@H](O)N[C@H]3CCCC[C@@H]3C#CC[C@@]34Cc5ccc(O)c(c5)O[C@H]5CCC[C@]2(N1)[C@@H]5C#C[C@@H]3CC[C@H]1[C@@H](OC(C)=O)C[C@@H](c2cc(O)c(O)c(OCCc3cccnc3)c2)O[C@H]14)CC1=CCNC(N)=C1. The third-order valence-electron chi connectivity index (χ3n) is 24.4. The molecule has 0 radical (unpaired) electrons. The van der Waals surface area contributed by atoms with Crippen molar-refractivity contribution < 1.29 is 44.2 Å². The van der Waals surface area contributed by atoms with Crippen LogP contribution in [0.25, 0.3) is 10.9 Å². The zero-order valence-corrected chi connectivity index (χ0v) is 54.9. The Labute approximate surface area is 557 Å². The normalized spacial score (nSPS) is 34.9. The molecule has 8 heterocycles. The number of nitrogens with one attached hydrogen (secondary N) is 6. The van der Waals surface area contributed by atoms with Gasteiger partial charge in [0, 0.05) is 110 Å². The molecule has 16 atom stereocenters. The topological polar surface area (TPSA) is 267 Å². The maximum atomic E-state index is 13.8. The minimum absolute atomic E-state index is 0.0149. The average Bonchev–Trinajstić information content (AvgIpc) is 1.71. The van der Waals surface area contributed by atoms with E-state index in [2.05, 4.69) is 102 Å². The molecule has 95 heavy (non-hydrogen) atoms. The van der Waals surface area contributed by atoms with Gasteiger partial charge in [0.1, 0.15) is 24.6 Å². The number of rotatable bonds is 13. The molecule has 7 fully saturated rings. The van der Waals surface area contributed by atoms with Crippen LogP contribution in [0, 0.1) is 75.4 Å². The lowest BCUT2D eigenvalue weighted by molar-refractivity contribution is -0.219. The molecule has 19 nitrogen and oxygen atoms in total. The number of carbonyl (C=O) groups is 1. The van der Waals surface area contributed by atoms with E-state index in [-0.39, 0.29) is 64.2 Å². The Morgan fingerprint density at radius 1 is 0.958 bits per heavy atom. The van der Waals surface area contributed by atoms with Crippen molar-refractivity contribution in [3.8, 4) is 52.4 Å². The second kappa shape index (κ2) is 26.0. The van der Waals surface area contributed by atoms with E-state index in [1.165, 1.54) is 31.4 Å². The van der Waals surface area contributed by atoms with Gasteiger partial charge in [-0.15, -0.1) is 5.92 Å². The number of dihydropyridines is 1. The number of phenolic OH excluding ortho intramolecular Hbond substituents is 3. The molecule has 3 aromatic heterocycles. The Kier molecular flexibility index (Phi) is 17.3. The molecule has 502 valence electrons. The fourth-order valence-electron chi connectivity index (χ4n) is 20.0. The summed E-state index contributed by atoms with van der Waals surface area (Å²) < 4.78 is 30.0. The molecule has 10 aliphatic rings. The molecule has 12 N–H and O–H groups in total. The van der Waals surface area contributed by atoms with Crippen molar-refractivity contribution in [2.45, 2.75) is 184 Å². The summed E-state index contributed by atoms with van der Waals surface area (Å²) in [5, 5.41) is 69.0. The first kappa shape index (κ1) is 63.3. The first-order chi connectivity index (χ1) is 46.2. The number of aliphatic imine (C=N–C) groups is 1. The number of nitrogens with two attached hydrogens (primary N) is 1. The van der Waals surface area contributed by atoms with Crippen molar-refractivity contribution in [2.75, 3.05) is 33.3 Å². The molecule has 5 aliphatic heterocycles. The van der Waals surface area contributed by atoms with Crippen LogP contribution in [0.3, 0.4) is 0 Å². The number of H-pyrrole nitrogens is 1. The summed E-state index contributed by atoms with van der Waals surface area (Å²) in [5.41, 5.74) is 9.26. The largest absolute Gasteiger partial charge is 0.504 e. The van der Waals surface area contributed by atoms with E-state index in [0.717, 1.165) is 92.8 Å². The molecule has 5 aliphatic carbocycles. The highest BCUT2D eigenvalue weighted by atomic mass is 16.6. The number of allylic oxidation sites excluding steroid dienone is 2. The van der Waals surface area contributed by atoms with E-state index in [1.807, 2.05) is 30.5 Å². The zero-order chi connectivity index (χ0) is 65.1. The number of benzene rings is 2. The quantitative estimate of drug-likeness (QED) is 0.0298. The average molecular weight is 1290 g/mol. The predicted octanol–water partition coefficient (Wildman–Crippen LogP) is 9.56. The number of nitrogens with zero attached hydrogens (tertiary/aromatic N) is 3. The van der Waals surface area contributed by atoms with Gasteiger partial charge in [0.25, 0.3) is 0 Å². The number of guanidine groups is 1. The van der Waals surface area contributed by atoms with E-state index in [4.69, 9.17) is 29.7 Å². The Hall–Kier alpha value is -7.81. The van der Waals surface area contributed by atoms with E-state index < -0.39 is 65.6 Å². The van der Waals surface area contributed by atoms with E-state index >= 15 is 0 Å². The lowest BCUT2D eigenvalue weighted by Gasteiger charge is -2.58. The number of aromatic hydroxyl groups is 3. The van der Waals surface area contributed by atoms with E-state index in [0.29, 0.717) is 93.5 Å². The monoisotopic (exact) mass is 1290 g/mol. The number of pyridine rings is 1. The smallest absolute Gasteiger partial charge is 0.302 e. The molecular weight excluding hydrogens is 1200 g/mol. The van der Waals surface area contributed by atoms with Gasteiger partial charge in [-0.25, -0.2) is 0 Å². The number of hydrogen-bond acceptors (Lipinski definition) is 15. The molecule has 15 rings (SSSR count). The number of phenols is 3. The molecule has 0 amide bonds. The number of ether oxygens (including phenoxy) is 4. The van der Waals surface area contributed by atoms with Gasteiger partial charge in [-0.05, 0) is 173 Å². The van der Waals surface area contributed by atoms with Crippen molar-refractivity contribution in [3.05, 3.63) is 120 Å². The van der Waals surface area contributed by atoms with Crippen molar-refractivity contribution >= 4 is 22.8 Å². The molecule has 5 saturated carbocycles. The molecule has 2 saturated heterocycles. The number of carbonyl (C=O) groups excluding carboxylic acids is 1. The number of fused-ring (bicyclic) bond motifs is 5. The third-order valence-corrected chi connectivity index (χ3v) is 24.4. The van der Waals surface area contributed by atoms with E-state index in [9.17, 15) is 25.2 Å². The van der Waals surface area contributed by atoms with Crippen molar-refractivity contribution in [1.82, 2.24) is 41.1 Å². The fourth-order valence-corrected chi connectivity index (χ4v) is 20.0. The van der Waals surface area contributed by atoms with Crippen LogP contribution in [0.2, 0.25) is 0 Å². The predicted molar refractivity (Wildman–Crippen MR) is 361 cm³/mol. The van der Waals surface area contributed by atoms with Gasteiger partial charge >= 0.3 is 5.97 Å². The molecule has 0 unspecified atom stereocenters. The highest BCUT2D eigenvalue weighted by molar-refractivity contribution is 5.83. The minimum atomic E-state index is -1.08. The van der Waals surface area contributed by atoms with Crippen LogP contribution in [0.4, 0.5) is 0 Å². The summed E-state index contributed by atoms with van der Waals surface area (Å²) in [6, 6.07) is 14.7. The van der Waals surface area contributed by atoms with Gasteiger partial charge in [-0.1, -0.05) is 61.7 Å². The van der Waals surface area contributed by atoms with Crippen LogP contribution in [0.5, 0.6) is 28.7 Å². The summed E-state index contributed by atoms with van der Waals surface area (Å²) in [5.74, 6) is 15.0. The van der Waals surface area contributed by atoms with E-state index in [1.54, 1.807) is 24.5 Å². The Morgan fingerprint density at radius 3 is 2.67 bits per heavy atom. The molecule has 2 aromatic carbocycles. The second-order valence-corrected chi connectivity index (χ2v) is 29.6. The Balaban J connectivity index is 0.899. The van der Waals surface area contributed by atoms with Crippen LogP contribution in [0.15, 0.2) is 108 Å². The lowest BCUT2D eigenvalue weighted by atomic mass is 9.55. The molecular formula is C76H94N10O9. The number of aliphatic hydroxyl groups is 1. The lowest BCUT2D eigenvalue weighted by Crippen LogP contribution is -2.75. The third kappa shape index (κ3) is 11.7. The second-order valence-electron chi connectivity index (χ2n) is 29.6. The van der Waals surface area contributed by atoms with Crippen molar-refractivity contribution in [3.63, 3.8) is 0 Å². The highest BCUT2D eigenvalue weighted by Crippen LogP contribution is 2.67. The molecule has 2 spiro atoms. The Bertz CT molecular complexity index is 3860. The van der Waals surface area contributed by atoms with Gasteiger partial charge in [-0.2, -0.15) is 0 Å². The first-order valence-corrected chi connectivity index (χ1v) is 35.3. The van der Waals surface area contributed by atoms with Gasteiger partial charge < -0.3 is 75.9 Å². The van der Waals surface area contributed by atoms with Crippen LogP contribution < -0.4 is 41.8 Å². The van der Waals surface area contributed by atoms with Gasteiger partial charge in [0.15, 0.2) is 29.0 Å². The summed E-state index contributed by atoms with van der Waals surface area (Å²) in [6.07, 6.45) is 26.5. The first-order valence-electron chi connectivity index (χ1n) is 35.3. The number of aliphatic hydroxyl groups excluding tert-OH is 1. The van der Waals surface area contributed by atoms with Gasteiger partial charge in [0.2, 0.25) is 5.75 Å². The number of aromatic nitrogens is 3. The molecule has 4 bridgehead atoms. The maximum absolute atomic E-state index is 13.8. The van der Waals surface area contributed by atoms with Crippen LogP contribution in [-0.2, 0) is 27.1 Å². The number of aromatic amines is 1. The number of hydrogen-bond donors (Lipinski definition) is 11. The number of esters is 1. The Morgan fingerprint density at radius 2 is 1.84 bits per heavy atom. The molecule has 5 aromatic rings. The van der Waals surface area contributed by atoms with Crippen molar-refractivity contribution in [1.29, 1.82) is 0 Å². The summed E-state index contributed by atoms with van der Waals surface area (Å²) in [4.78, 5) is 27.2. The van der Waals surface area contributed by atoms with Gasteiger partial charge in [-0.3, -0.25) is 20.1 Å². The highest BCUT2D eigenvalue weighted by Gasteiger charge is 2.63. The van der Waals surface area contributed by atoms with Crippen LogP contribution >= 0.6 is 0 Å². The summed E-state index contributed by atoms with van der Waals surface area (Å²) >= 11 is 0.